The van der Waals surface area contributed by atoms with Gasteiger partial charge in [0.2, 0.25) is 0 Å². The smallest absolute Gasteiger partial charge is 0.142 e. The number of rotatable bonds is 4. The molecule has 4 heteroatoms. The van der Waals surface area contributed by atoms with E-state index in [9.17, 15) is 0 Å². The Kier molecular flexibility index (Phi) is 4.16. The second kappa shape index (κ2) is 5.75. The summed E-state index contributed by atoms with van der Waals surface area (Å²) in [6, 6.07) is 4.04. The molecule has 1 aromatic rings. The third-order valence-electron chi connectivity index (χ3n) is 4.95. The van der Waals surface area contributed by atoms with Gasteiger partial charge in [-0.15, -0.1) is 0 Å². The third kappa shape index (κ3) is 2.66. The van der Waals surface area contributed by atoms with E-state index in [1.54, 1.807) is 6.07 Å². The van der Waals surface area contributed by atoms with Gasteiger partial charge in [-0.2, -0.15) is 0 Å². The number of nitrogens with one attached hydrogen (secondary N) is 1. The molecule has 20 heavy (non-hydrogen) atoms. The molecule has 0 spiro atoms. The molecule has 110 valence electrons. The van der Waals surface area contributed by atoms with Crippen molar-refractivity contribution in [2.45, 2.75) is 45.1 Å². The van der Waals surface area contributed by atoms with E-state index < -0.39 is 0 Å². The van der Waals surface area contributed by atoms with Crippen LogP contribution in [0.1, 0.15) is 50.6 Å². The van der Waals surface area contributed by atoms with Gasteiger partial charge in [0.25, 0.3) is 0 Å². The molecule has 2 aliphatic rings. The van der Waals surface area contributed by atoms with Gasteiger partial charge in [-0.1, -0.05) is 36.5 Å². The Morgan fingerprint density at radius 1 is 1.35 bits per heavy atom. The zero-order valence-electron chi connectivity index (χ0n) is 11.8. The third-order valence-corrected chi connectivity index (χ3v) is 5.45. The summed E-state index contributed by atoms with van der Waals surface area (Å²) in [5, 5.41) is 5.03. The Morgan fingerprint density at radius 3 is 2.80 bits per heavy atom. The van der Waals surface area contributed by atoms with E-state index in [-0.39, 0.29) is 0 Å². The zero-order valence-corrected chi connectivity index (χ0v) is 13.4. The Morgan fingerprint density at radius 2 is 2.15 bits per heavy atom. The molecule has 1 aromatic carbocycles. The van der Waals surface area contributed by atoms with Gasteiger partial charge in [-0.05, 0) is 36.8 Å². The summed E-state index contributed by atoms with van der Waals surface area (Å²) < 4.78 is 5.71. The monoisotopic (exact) mass is 313 g/mol. The molecule has 1 fully saturated rings. The van der Waals surface area contributed by atoms with Crippen molar-refractivity contribution >= 4 is 23.2 Å². The van der Waals surface area contributed by atoms with Gasteiger partial charge in [0, 0.05) is 29.6 Å². The molecular weight excluding hydrogens is 293 g/mol. The quantitative estimate of drug-likeness (QED) is 0.845. The molecule has 0 aromatic heterocycles. The molecule has 1 N–H and O–H groups in total. The van der Waals surface area contributed by atoms with Crippen LogP contribution in [0.5, 0.6) is 5.75 Å². The first-order chi connectivity index (χ1) is 9.63. The summed E-state index contributed by atoms with van der Waals surface area (Å²) in [4.78, 5) is 0. The van der Waals surface area contributed by atoms with Crippen LogP contribution in [0.2, 0.25) is 10.0 Å². The topological polar surface area (TPSA) is 21.3 Å². The van der Waals surface area contributed by atoms with E-state index in [2.05, 4.69) is 12.2 Å². The highest BCUT2D eigenvalue weighted by Crippen LogP contribution is 2.45. The largest absolute Gasteiger partial charge is 0.492 e. The maximum Gasteiger partial charge on any atom is 0.142 e. The Hall–Kier alpha value is -0.440. The number of ether oxygens (including phenoxy) is 1. The van der Waals surface area contributed by atoms with Crippen LogP contribution < -0.4 is 10.1 Å². The van der Waals surface area contributed by atoms with Crippen molar-refractivity contribution in [2.24, 2.45) is 5.41 Å². The van der Waals surface area contributed by atoms with E-state index in [1.165, 1.54) is 25.7 Å². The highest BCUT2D eigenvalue weighted by Gasteiger charge is 2.36. The Bertz CT molecular complexity index is 494. The normalized spacial score (nSPS) is 23.6. The van der Waals surface area contributed by atoms with E-state index in [1.807, 2.05) is 6.07 Å². The van der Waals surface area contributed by atoms with Gasteiger partial charge < -0.3 is 10.1 Å². The number of hydrogen-bond acceptors (Lipinski definition) is 2. The van der Waals surface area contributed by atoms with Crippen LogP contribution in [-0.2, 0) is 0 Å². The van der Waals surface area contributed by atoms with Crippen molar-refractivity contribution in [3.63, 3.8) is 0 Å². The first-order valence-corrected chi connectivity index (χ1v) is 8.24. The van der Waals surface area contributed by atoms with Crippen molar-refractivity contribution in [1.82, 2.24) is 5.32 Å². The molecule has 0 saturated heterocycles. The molecule has 1 aliphatic heterocycles. The van der Waals surface area contributed by atoms with Crippen molar-refractivity contribution in [1.29, 1.82) is 0 Å². The predicted octanol–water partition coefficient (Wildman–Crippen LogP) is 4.99. The summed E-state index contributed by atoms with van der Waals surface area (Å²) in [5.74, 6) is 0.805. The van der Waals surface area contributed by atoms with Crippen molar-refractivity contribution in [3.8, 4) is 5.75 Å². The van der Waals surface area contributed by atoms with Gasteiger partial charge in [-0.3, -0.25) is 0 Å². The average molecular weight is 314 g/mol. The van der Waals surface area contributed by atoms with E-state index in [4.69, 9.17) is 27.9 Å². The summed E-state index contributed by atoms with van der Waals surface area (Å²) in [5.41, 5.74) is 1.63. The summed E-state index contributed by atoms with van der Waals surface area (Å²) in [7, 11) is 0. The molecular formula is C16H21Cl2NO. The van der Waals surface area contributed by atoms with Crippen molar-refractivity contribution in [2.75, 3.05) is 13.2 Å². The second-order valence-corrected chi connectivity index (χ2v) is 6.93. The standard InChI is InChI=1S/C16H21Cl2NO/c1-2-16(5-3-6-16)10-19-14-4-7-20-15-12(14)8-11(17)9-13(15)18/h8-9,14,19H,2-7,10H2,1H3. The van der Waals surface area contributed by atoms with Crippen LogP contribution >= 0.6 is 23.2 Å². The first-order valence-electron chi connectivity index (χ1n) is 7.49. The Labute approximate surface area is 130 Å². The minimum absolute atomic E-state index is 0.305. The number of fused-ring (bicyclic) bond motifs is 1. The van der Waals surface area contributed by atoms with E-state index in [0.717, 1.165) is 24.3 Å². The zero-order chi connectivity index (χ0) is 14.2. The van der Waals surface area contributed by atoms with Gasteiger partial charge >= 0.3 is 0 Å². The molecule has 1 atom stereocenters. The molecule has 0 radical (unpaired) electrons. The lowest BCUT2D eigenvalue weighted by Gasteiger charge is -2.43. The molecule has 0 amide bonds. The molecule has 0 bridgehead atoms. The maximum atomic E-state index is 6.23. The van der Waals surface area contributed by atoms with Crippen molar-refractivity contribution < 1.29 is 4.74 Å². The lowest BCUT2D eigenvalue weighted by Crippen LogP contribution is -2.41. The van der Waals surface area contributed by atoms with E-state index >= 15 is 0 Å². The lowest BCUT2D eigenvalue weighted by molar-refractivity contribution is 0.114. The molecule has 1 heterocycles. The Balaban J connectivity index is 1.76. The molecule has 1 unspecified atom stereocenters. The highest BCUT2D eigenvalue weighted by molar-refractivity contribution is 6.35. The summed E-state index contributed by atoms with van der Waals surface area (Å²) >= 11 is 12.4. The van der Waals surface area contributed by atoms with Crippen LogP contribution in [0.4, 0.5) is 0 Å². The highest BCUT2D eigenvalue weighted by atomic mass is 35.5. The van der Waals surface area contributed by atoms with Gasteiger partial charge in [-0.25, -0.2) is 0 Å². The second-order valence-electron chi connectivity index (χ2n) is 6.08. The van der Waals surface area contributed by atoms with Gasteiger partial charge in [0.05, 0.1) is 11.6 Å². The van der Waals surface area contributed by atoms with Gasteiger partial charge in [0.1, 0.15) is 5.75 Å². The number of benzene rings is 1. The summed E-state index contributed by atoms with van der Waals surface area (Å²) in [6.45, 7) is 4.09. The fourth-order valence-electron chi connectivity index (χ4n) is 3.31. The van der Waals surface area contributed by atoms with Crippen LogP contribution in [0.3, 0.4) is 0 Å². The lowest BCUT2D eigenvalue weighted by atomic mass is 9.67. The van der Waals surface area contributed by atoms with Gasteiger partial charge in [0.15, 0.2) is 0 Å². The minimum Gasteiger partial charge on any atom is -0.492 e. The van der Waals surface area contributed by atoms with Crippen molar-refractivity contribution in [3.05, 3.63) is 27.7 Å². The summed E-state index contributed by atoms with van der Waals surface area (Å²) in [6.07, 6.45) is 6.30. The van der Waals surface area contributed by atoms with Crippen LogP contribution in [0.15, 0.2) is 12.1 Å². The SMILES string of the molecule is CCC1(CNC2CCOc3c(Cl)cc(Cl)cc32)CCC1. The maximum absolute atomic E-state index is 6.23. The van der Waals surface area contributed by atoms with Crippen LogP contribution in [-0.4, -0.2) is 13.2 Å². The fraction of sp³-hybridized carbons (Fsp3) is 0.625. The molecule has 1 saturated carbocycles. The number of halogens is 2. The average Bonchev–Trinajstić information content (AvgIpc) is 2.38. The first kappa shape index (κ1) is 14.5. The molecule has 3 rings (SSSR count). The van der Waals surface area contributed by atoms with Crippen LogP contribution in [0.25, 0.3) is 0 Å². The van der Waals surface area contributed by atoms with E-state index in [0.29, 0.717) is 28.1 Å². The molecule has 1 aliphatic carbocycles. The minimum atomic E-state index is 0.305. The predicted molar refractivity (Wildman–Crippen MR) is 83.9 cm³/mol. The fourth-order valence-corrected chi connectivity index (χ4v) is 3.87. The van der Waals surface area contributed by atoms with Crippen LogP contribution in [0, 0.1) is 5.41 Å². The molecule has 2 nitrogen and oxygen atoms in total. The number of hydrogen-bond donors (Lipinski definition) is 1.